The van der Waals surface area contributed by atoms with Crippen molar-refractivity contribution in [2.75, 3.05) is 13.1 Å². The summed E-state index contributed by atoms with van der Waals surface area (Å²) in [5.74, 6) is -2.73. The Hall–Kier alpha value is -3.33. The molecule has 3 N–H and O–H groups in total. The largest absolute Gasteiger partial charge is 0.573 e. The molecule has 9 nitrogen and oxygen atoms in total. The highest BCUT2D eigenvalue weighted by atomic mass is 19.4. The summed E-state index contributed by atoms with van der Waals surface area (Å²) in [6, 6.07) is 4.04. The fourth-order valence-electron chi connectivity index (χ4n) is 3.63. The van der Waals surface area contributed by atoms with Crippen molar-refractivity contribution >= 4 is 17.7 Å². The molecule has 2 rings (SSSR count). The highest BCUT2D eigenvalue weighted by molar-refractivity contribution is 5.88. The summed E-state index contributed by atoms with van der Waals surface area (Å²) >= 11 is 0. The Kier molecular flexibility index (Phi) is 8.50. The lowest BCUT2D eigenvalue weighted by Crippen LogP contribution is -2.60. The van der Waals surface area contributed by atoms with Crippen LogP contribution in [-0.2, 0) is 20.9 Å². The van der Waals surface area contributed by atoms with E-state index in [1.54, 1.807) is 6.07 Å². The van der Waals surface area contributed by atoms with Gasteiger partial charge in [0.2, 0.25) is 17.7 Å². The number of benzene rings is 1. The topological polar surface area (TPSA) is 132 Å². The Morgan fingerprint density at radius 1 is 1.32 bits per heavy atom. The molecule has 12 heteroatoms. The molecule has 0 aliphatic carbocycles. The van der Waals surface area contributed by atoms with Crippen molar-refractivity contribution in [3.8, 4) is 11.8 Å². The van der Waals surface area contributed by atoms with E-state index >= 15 is 0 Å². The molecule has 0 spiro atoms. The van der Waals surface area contributed by atoms with E-state index in [9.17, 15) is 32.7 Å². The van der Waals surface area contributed by atoms with E-state index in [2.05, 4.69) is 15.4 Å². The summed E-state index contributed by atoms with van der Waals surface area (Å²) < 4.78 is 42.1. The minimum Gasteiger partial charge on any atom is -0.405 e. The zero-order chi connectivity index (χ0) is 25.7. The molecule has 1 aliphatic heterocycles. The number of hydrogen-bond donors (Lipinski definition) is 3. The third-order valence-electron chi connectivity index (χ3n) is 5.28. The number of amides is 3. The monoisotopic (exact) mass is 484 g/mol. The number of rotatable bonds is 7. The lowest BCUT2D eigenvalue weighted by Gasteiger charge is -2.37. The van der Waals surface area contributed by atoms with Crippen LogP contribution in [0.4, 0.5) is 13.2 Å². The molecule has 1 fully saturated rings. The zero-order valence-corrected chi connectivity index (χ0v) is 19.0. The molecule has 1 aliphatic rings. The van der Waals surface area contributed by atoms with Crippen LogP contribution in [0.2, 0.25) is 0 Å². The predicted molar refractivity (Wildman–Crippen MR) is 113 cm³/mol. The van der Waals surface area contributed by atoms with E-state index in [0.29, 0.717) is 19.4 Å². The van der Waals surface area contributed by atoms with Crippen molar-refractivity contribution in [2.24, 2.45) is 5.92 Å². The molecule has 2 atom stereocenters. The number of piperidine rings is 1. The standard InChI is InChI=1S/C22H27F3N4O5/c1-13(30)28-18(21(2,3)33)20(32)29-8-4-5-16(12-29)19(31)27-11-15-7-6-14(10-26)9-17(15)34-22(23,24)25/h6-7,9,16,18,33H,4-5,8,11-12H2,1-3H3,(H,27,31)(H,28,30)/t16-,18+/m1/s1. The van der Waals surface area contributed by atoms with Crippen LogP contribution in [0.15, 0.2) is 18.2 Å². The van der Waals surface area contributed by atoms with E-state index in [1.165, 1.54) is 37.8 Å². The Labute approximate surface area is 194 Å². The van der Waals surface area contributed by atoms with Crippen LogP contribution >= 0.6 is 0 Å². The third kappa shape index (κ3) is 7.62. The van der Waals surface area contributed by atoms with Gasteiger partial charge in [-0.25, -0.2) is 0 Å². The fraction of sp³-hybridized carbons (Fsp3) is 0.545. The summed E-state index contributed by atoms with van der Waals surface area (Å²) in [5, 5.41) is 24.2. The van der Waals surface area contributed by atoms with Crippen LogP contribution in [0.5, 0.6) is 5.75 Å². The maximum Gasteiger partial charge on any atom is 0.573 e. The fourth-order valence-corrected chi connectivity index (χ4v) is 3.63. The highest BCUT2D eigenvalue weighted by Crippen LogP contribution is 2.28. The second-order valence-electron chi connectivity index (χ2n) is 8.61. The second kappa shape index (κ2) is 10.7. The number of ether oxygens (including phenoxy) is 1. The summed E-state index contributed by atoms with van der Waals surface area (Å²) in [6.07, 6.45) is -4.04. The van der Waals surface area contributed by atoms with Gasteiger partial charge >= 0.3 is 6.36 Å². The maximum absolute atomic E-state index is 12.9. The number of alkyl halides is 3. The van der Waals surface area contributed by atoms with Gasteiger partial charge in [-0.15, -0.1) is 13.2 Å². The van der Waals surface area contributed by atoms with Crippen LogP contribution in [0.25, 0.3) is 0 Å². The summed E-state index contributed by atoms with van der Waals surface area (Å²) in [4.78, 5) is 38.5. The smallest absolute Gasteiger partial charge is 0.405 e. The molecule has 34 heavy (non-hydrogen) atoms. The molecule has 1 aromatic rings. The van der Waals surface area contributed by atoms with Crippen molar-refractivity contribution in [1.82, 2.24) is 15.5 Å². The number of carbonyl (C=O) groups is 3. The van der Waals surface area contributed by atoms with Gasteiger partial charge in [-0.1, -0.05) is 6.07 Å². The summed E-state index contributed by atoms with van der Waals surface area (Å²) in [5.41, 5.74) is -1.54. The van der Waals surface area contributed by atoms with E-state index in [4.69, 9.17) is 5.26 Å². The molecule has 1 saturated heterocycles. The minimum atomic E-state index is -4.97. The lowest BCUT2D eigenvalue weighted by molar-refractivity contribution is -0.274. The molecular formula is C22H27F3N4O5. The molecule has 186 valence electrons. The van der Waals surface area contributed by atoms with Crippen LogP contribution in [0.3, 0.4) is 0 Å². The van der Waals surface area contributed by atoms with Crippen LogP contribution < -0.4 is 15.4 Å². The molecule has 0 saturated carbocycles. The molecule has 3 amide bonds. The van der Waals surface area contributed by atoms with Gasteiger partial charge in [0, 0.05) is 32.1 Å². The molecular weight excluding hydrogens is 457 g/mol. The van der Waals surface area contributed by atoms with Crippen molar-refractivity contribution in [3.63, 3.8) is 0 Å². The first-order valence-electron chi connectivity index (χ1n) is 10.6. The van der Waals surface area contributed by atoms with Crippen LogP contribution in [0.1, 0.15) is 44.7 Å². The van der Waals surface area contributed by atoms with Gasteiger partial charge in [-0.3, -0.25) is 14.4 Å². The van der Waals surface area contributed by atoms with Crippen LogP contribution in [-0.4, -0.2) is 58.8 Å². The number of likely N-dealkylation sites (tertiary alicyclic amines) is 1. The SMILES string of the molecule is CC(=O)N[C@@H](C(=O)N1CCC[C@@H](C(=O)NCc2ccc(C#N)cc2OC(F)(F)F)C1)C(C)(C)O. The summed E-state index contributed by atoms with van der Waals surface area (Å²) in [7, 11) is 0. The Morgan fingerprint density at radius 3 is 2.56 bits per heavy atom. The van der Waals surface area contributed by atoms with E-state index in [0.717, 1.165) is 6.07 Å². The number of nitrogens with one attached hydrogen (secondary N) is 2. The number of hydrogen-bond acceptors (Lipinski definition) is 6. The molecule has 0 unspecified atom stereocenters. The van der Waals surface area contributed by atoms with Gasteiger partial charge in [0.15, 0.2) is 0 Å². The van der Waals surface area contributed by atoms with Gasteiger partial charge < -0.3 is 25.4 Å². The third-order valence-corrected chi connectivity index (χ3v) is 5.28. The average molecular weight is 484 g/mol. The Bertz CT molecular complexity index is 969. The van der Waals surface area contributed by atoms with Gasteiger partial charge in [0.25, 0.3) is 0 Å². The zero-order valence-electron chi connectivity index (χ0n) is 19.0. The number of aliphatic hydroxyl groups is 1. The molecule has 0 bridgehead atoms. The van der Waals surface area contributed by atoms with E-state index < -0.39 is 47.4 Å². The Morgan fingerprint density at radius 2 is 2.00 bits per heavy atom. The van der Waals surface area contributed by atoms with Crippen molar-refractivity contribution in [2.45, 2.75) is 58.2 Å². The first-order valence-corrected chi connectivity index (χ1v) is 10.6. The Balaban J connectivity index is 2.08. The maximum atomic E-state index is 12.9. The second-order valence-corrected chi connectivity index (χ2v) is 8.61. The van der Waals surface area contributed by atoms with Crippen molar-refractivity contribution in [3.05, 3.63) is 29.3 Å². The van der Waals surface area contributed by atoms with Gasteiger partial charge in [-0.05, 0) is 38.8 Å². The van der Waals surface area contributed by atoms with Gasteiger partial charge in [-0.2, -0.15) is 5.26 Å². The first kappa shape index (κ1) is 26.9. The molecule has 0 aromatic heterocycles. The number of nitrogens with zero attached hydrogens (tertiary/aromatic N) is 2. The van der Waals surface area contributed by atoms with Crippen molar-refractivity contribution < 1.29 is 37.4 Å². The van der Waals surface area contributed by atoms with Gasteiger partial charge in [0.1, 0.15) is 11.8 Å². The normalized spacial score (nSPS) is 17.4. The minimum absolute atomic E-state index is 0.0239. The molecule has 0 radical (unpaired) electrons. The quantitative estimate of drug-likeness (QED) is 0.539. The average Bonchev–Trinajstić information content (AvgIpc) is 2.74. The number of nitriles is 1. The number of carbonyl (C=O) groups excluding carboxylic acids is 3. The van der Waals surface area contributed by atoms with Crippen molar-refractivity contribution in [1.29, 1.82) is 5.26 Å². The summed E-state index contributed by atoms with van der Waals surface area (Å²) in [6.45, 7) is 4.07. The highest BCUT2D eigenvalue weighted by Gasteiger charge is 2.39. The lowest BCUT2D eigenvalue weighted by atomic mass is 9.93. The number of halogens is 3. The first-order chi connectivity index (χ1) is 15.7. The van der Waals surface area contributed by atoms with Crippen LogP contribution in [0, 0.1) is 17.2 Å². The van der Waals surface area contributed by atoms with E-state index in [-0.39, 0.29) is 24.2 Å². The van der Waals surface area contributed by atoms with Gasteiger partial charge in [0.05, 0.1) is 23.2 Å². The molecule has 1 aromatic carbocycles. The molecule has 1 heterocycles. The predicted octanol–water partition coefficient (Wildman–Crippen LogP) is 1.59. The van der Waals surface area contributed by atoms with E-state index in [1.807, 2.05) is 0 Å².